The number of allylic oxidation sites excluding steroid dienone is 1. The van der Waals surface area contributed by atoms with E-state index < -0.39 is 6.04 Å². The quantitative estimate of drug-likeness (QED) is 0.662. The monoisotopic (exact) mass is 358 g/mol. The maximum Gasteiger partial charge on any atom is 0.338 e. The standard InChI is InChI=1S/C18H19ClN4O2/c1-3-12-13(18(24)25-4-2)15(11-8-6-5-7-9-11)23-10-21-16(19)14(20)17(23)22-12/h5-10,15H,3-4,20H2,1-2H3. The summed E-state index contributed by atoms with van der Waals surface area (Å²) in [6.07, 6.45) is 2.12. The molecule has 7 heteroatoms. The molecule has 0 saturated heterocycles. The second kappa shape index (κ2) is 7.11. The molecule has 0 aliphatic carbocycles. The number of nitrogens with zero attached hydrogens (tertiary/aromatic N) is 3. The molecule has 6 nitrogen and oxygen atoms in total. The smallest absolute Gasteiger partial charge is 0.338 e. The van der Waals surface area contributed by atoms with Crippen molar-refractivity contribution in [3.8, 4) is 0 Å². The van der Waals surface area contributed by atoms with Gasteiger partial charge in [-0.3, -0.25) is 0 Å². The van der Waals surface area contributed by atoms with Crippen LogP contribution in [0.2, 0.25) is 0 Å². The molecule has 0 aromatic heterocycles. The summed E-state index contributed by atoms with van der Waals surface area (Å²) in [5.41, 5.74) is 8.44. The average Bonchev–Trinajstić information content (AvgIpc) is 2.64. The van der Waals surface area contributed by atoms with Crippen molar-refractivity contribution in [2.45, 2.75) is 26.3 Å². The molecule has 0 amide bonds. The number of hydrogen-bond acceptors (Lipinski definition) is 6. The predicted octanol–water partition coefficient (Wildman–Crippen LogP) is 3.08. The number of esters is 1. The summed E-state index contributed by atoms with van der Waals surface area (Å²) in [4.78, 5) is 23.2. The van der Waals surface area contributed by atoms with E-state index in [1.54, 1.807) is 18.2 Å². The van der Waals surface area contributed by atoms with Gasteiger partial charge in [0.2, 0.25) is 0 Å². The fourth-order valence-corrected chi connectivity index (χ4v) is 3.06. The molecule has 0 saturated carbocycles. The first-order valence-corrected chi connectivity index (χ1v) is 8.48. The van der Waals surface area contributed by atoms with Gasteiger partial charge in [0, 0.05) is 0 Å². The summed E-state index contributed by atoms with van der Waals surface area (Å²) in [6.45, 7) is 4.01. The molecular weight excluding hydrogens is 340 g/mol. The first-order chi connectivity index (χ1) is 12.1. The average molecular weight is 359 g/mol. The van der Waals surface area contributed by atoms with E-state index in [1.807, 2.05) is 37.3 Å². The highest BCUT2D eigenvalue weighted by atomic mass is 35.5. The Labute approximate surface area is 151 Å². The van der Waals surface area contributed by atoms with Gasteiger partial charge in [0.25, 0.3) is 0 Å². The molecule has 0 spiro atoms. The maximum absolute atomic E-state index is 12.7. The lowest BCUT2D eigenvalue weighted by atomic mass is 9.92. The minimum absolute atomic E-state index is 0.192. The number of fused-ring (bicyclic) bond motifs is 1. The summed E-state index contributed by atoms with van der Waals surface area (Å²) in [5.74, 6) is 0.113. The number of nitrogens with two attached hydrogens (primary N) is 1. The summed E-state index contributed by atoms with van der Waals surface area (Å²) in [7, 11) is 0. The SMILES string of the molecule is CCOC(=O)C1=C(CC)N=C2C(N)=C(Cl)N=CN2C1c1ccccc1. The Morgan fingerprint density at radius 2 is 2.04 bits per heavy atom. The fraction of sp³-hybridized carbons (Fsp3) is 0.278. The third kappa shape index (κ3) is 3.05. The van der Waals surface area contributed by atoms with Gasteiger partial charge >= 0.3 is 5.97 Å². The van der Waals surface area contributed by atoms with E-state index in [2.05, 4.69) is 9.98 Å². The zero-order valence-corrected chi connectivity index (χ0v) is 14.8. The van der Waals surface area contributed by atoms with Gasteiger partial charge < -0.3 is 15.4 Å². The molecule has 1 aromatic carbocycles. The van der Waals surface area contributed by atoms with Crippen LogP contribution in [0.5, 0.6) is 0 Å². The highest BCUT2D eigenvalue weighted by molar-refractivity contribution is 6.33. The minimum Gasteiger partial charge on any atom is -0.463 e. The number of ether oxygens (including phenoxy) is 1. The second-order valence-electron chi connectivity index (χ2n) is 5.54. The summed E-state index contributed by atoms with van der Waals surface area (Å²) in [6, 6.07) is 9.24. The molecule has 2 aliphatic heterocycles. The molecule has 25 heavy (non-hydrogen) atoms. The van der Waals surface area contributed by atoms with E-state index >= 15 is 0 Å². The Hall–Kier alpha value is -2.60. The van der Waals surface area contributed by atoms with E-state index in [0.29, 0.717) is 35.8 Å². The van der Waals surface area contributed by atoms with Crippen LogP contribution in [0.3, 0.4) is 0 Å². The number of aliphatic imine (C=N–C) groups is 2. The number of halogens is 1. The van der Waals surface area contributed by atoms with Crippen molar-refractivity contribution in [3.05, 3.63) is 58.0 Å². The third-order valence-electron chi connectivity index (χ3n) is 4.05. The Balaban J connectivity index is 2.22. The Morgan fingerprint density at radius 3 is 2.68 bits per heavy atom. The Kier molecular flexibility index (Phi) is 4.90. The van der Waals surface area contributed by atoms with Crippen LogP contribution in [0.15, 0.2) is 62.4 Å². The lowest BCUT2D eigenvalue weighted by Crippen LogP contribution is -2.44. The number of carbonyl (C=O) groups excluding carboxylic acids is 1. The van der Waals surface area contributed by atoms with Crippen LogP contribution in [0.4, 0.5) is 0 Å². The van der Waals surface area contributed by atoms with Crippen molar-refractivity contribution in [2.75, 3.05) is 6.61 Å². The van der Waals surface area contributed by atoms with Crippen molar-refractivity contribution >= 4 is 29.7 Å². The van der Waals surface area contributed by atoms with Gasteiger partial charge in [-0.25, -0.2) is 14.8 Å². The van der Waals surface area contributed by atoms with Crippen LogP contribution in [-0.2, 0) is 9.53 Å². The molecule has 1 unspecified atom stereocenters. The zero-order chi connectivity index (χ0) is 18.0. The molecule has 3 rings (SSSR count). The molecule has 0 fully saturated rings. The van der Waals surface area contributed by atoms with Gasteiger partial charge in [-0.05, 0) is 18.9 Å². The Bertz CT molecular complexity index is 812. The molecule has 130 valence electrons. The summed E-state index contributed by atoms with van der Waals surface area (Å²) >= 11 is 6.06. The van der Waals surface area contributed by atoms with Crippen molar-refractivity contribution in [2.24, 2.45) is 15.7 Å². The van der Waals surface area contributed by atoms with Gasteiger partial charge in [0.15, 0.2) is 11.0 Å². The molecule has 0 radical (unpaired) electrons. The van der Waals surface area contributed by atoms with Gasteiger partial charge in [-0.2, -0.15) is 0 Å². The zero-order valence-electron chi connectivity index (χ0n) is 14.1. The van der Waals surface area contributed by atoms with Crippen molar-refractivity contribution in [1.82, 2.24) is 4.90 Å². The molecule has 0 bridgehead atoms. The number of amidine groups is 1. The molecule has 2 N–H and O–H groups in total. The van der Waals surface area contributed by atoms with E-state index in [0.717, 1.165) is 5.56 Å². The van der Waals surface area contributed by atoms with Crippen LogP contribution in [0.1, 0.15) is 31.9 Å². The van der Waals surface area contributed by atoms with Gasteiger partial charge in [-0.1, -0.05) is 48.9 Å². The topological polar surface area (TPSA) is 80.3 Å². The number of hydrogen-bond donors (Lipinski definition) is 1. The Morgan fingerprint density at radius 1 is 1.32 bits per heavy atom. The number of benzene rings is 1. The van der Waals surface area contributed by atoms with E-state index in [9.17, 15) is 4.79 Å². The third-order valence-corrected chi connectivity index (χ3v) is 4.35. The van der Waals surface area contributed by atoms with E-state index in [1.165, 1.54) is 0 Å². The van der Waals surface area contributed by atoms with Crippen molar-refractivity contribution < 1.29 is 9.53 Å². The fourth-order valence-electron chi connectivity index (χ4n) is 2.93. The van der Waals surface area contributed by atoms with Crippen molar-refractivity contribution in [3.63, 3.8) is 0 Å². The van der Waals surface area contributed by atoms with Crippen LogP contribution >= 0.6 is 11.6 Å². The van der Waals surface area contributed by atoms with Crippen LogP contribution in [0.25, 0.3) is 0 Å². The minimum atomic E-state index is -0.422. The van der Waals surface area contributed by atoms with Gasteiger partial charge in [-0.15, -0.1) is 0 Å². The number of carbonyl (C=O) groups is 1. The van der Waals surface area contributed by atoms with Gasteiger partial charge in [0.05, 0.1) is 30.3 Å². The van der Waals surface area contributed by atoms with Crippen LogP contribution < -0.4 is 5.73 Å². The van der Waals surface area contributed by atoms with Crippen molar-refractivity contribution in [1.29, 1.82) is 0 Å². The highest BCUT2D eigenvalue weighted by Crippen LogP contribution is 2.38. The van der Waals surface area contributed by atoms with Crippen LogP contribution in [-0.4, -0.2) is 29.7 Å². The molecule has 2 heterocycles. The summed E-state index contributed by atoms with van der Waals surface area (Å²) < 4.78 is 5.29. The molecule has 1 aromatic rings. The molecule has 2 aliphatic rings. The number of rotatable bonds is 4. The lowest BCUT2D eigenvalue weighted by Gasteiger charge is -2.37. The maximum atomic E-state index is 12.7. The predicted molar refractivity (Wildman–Crippen MR) is 98.0 cm³/mol. The normalized spacial score (nSPS) is 19.7. The summed E-state index contributed by atoms with van der Waals surface area (Å²) in [5, 5.41) is 0.192. The first kappa shape index (κ1) is 17.2. The lowest BCUT2D eigenvalue weighted by molar-refractivity contribution is -0.139. The van der Waals surface area contributed by atoms with E-state index in [4.69, 9.17) is 22.1 Å². The molecule has 1 atom stereocenters. The largest absolute Gasteiger partial charge is 0.463 e. The highest BCUT2D eigenvalue weighted by Gasteiger charge is 2.39. The first-order valence-electron chi connectivity index (χ1n) is 8.10. The van der Waals surface area contributed by atoms with Crippen LogP contribution in [0, 0.1) is 0 Å². The molecular formula is C18H19ClN4O2. The van der Waals surface area contributed by atoms with Gasteiger partial charge in [0.1, 0.15) is 5.70 Å². The van der Waals surface area contributed by atoms with E-state index in [-0.39, 0.29) is 11.1 Å². The second-order valence-corrected chi connectivity index (χ2v) is 5.90.